The van der Waals surface area contributed by atoms with Crippen molar-refractivity contribution in [3.8, 4) is 5.69 Å². The van der Waals surface area contributed by atoms with Crippen LogP contribution in [0.2, 0.25) is 0 Å². The number of hydrogen-bond donors (Lipinski definition) is 2. The van der Waals surface area contributed by atoms with Crippen molar-refractivity contribution in [3.63, 3.8) is 0 Å². The lowest BCUT2D eigenvalue weighted by Gasteiger charge is -2.32. The van der Waals surface area contributed by atoms with Crippen LogP contribution in [-0.2, 0) is 13.6 Å². The molecular weight excluding hydrogens is 506 g/mol. The number of rotatable bonds is 7. The number of thiophene rings is 1. The first kappa shape index (κ1) is 23.8. The van der Waals surface area contributed by atoms with Gasteiger partial charge in [0.05, 0.1) is 16.7 Å². The average Bonchev–Trinajstić information content (AvgIpc) is 3.71. The SMILES string of the molecule is Cn1c(Nc2nc(NC3CCN(Cc4ccccc4)CC3)c3ncn(-c4ccsc4)c3n2)nc2ccccc21. The number of para-hydroxylation sites is 2. The number of hydrogen-bond acceptors (Lipinski definition) is 8. The second-order valence-corrected chi connectivity index (χ2v) is 10.7. The second kappa shape index (κ2) is 10.1. The zero-order chi connectivity index (χ0) is 26.2. The molecule has 7 rings (SSSR count). The average molecular weight is 536 g/mol. The first-order valence-corrected chi connectivity index (χ1v) is 14.1. The van der Waals surface area contributed by atoms with E-state index in [-0.39, 0.29) is 0 Å². The Kier molecular flexibility index (Phi) is 6.18. The largest absolute Gasteiger partial charge is 0.365 e. The lowest BCUT2D eigenvalue weighted by Crippen LogP contribution is -2.38. The Balaban J connectivity index is 1.17. The Bertz CT molecular complexity index is 1710. The zero-order valence-corrected chi connectivity index (χ0v) is 22.5. The minimum Gasteiger partial charge on any atom is -0.365 e. The van der Waals surface area contributed by atoms with Crippen LogP contribution in [-0.4, -0.2) is 53.1 Å². The van der Waals surface area contributed by atoms with Crippen LogP contribution in [0.4, 0.5) is 17.7 Å². The molecule has 2 aromatic carbocycles. The summed E-state index contributed by atoms with van der Waals surface area (Å²) >= 11 is 1.65. The van der Waals surface area contributed by atoms with E-state index in [4.69, 9.17) is 19.9 Å². The van der Waals surface area contributed by atoms with Crippen molar-refractivity contribution in [2.24, 2.45) is 7.05 Å². The third-order valence-corrected chi connectivity index (χ3v) is 8.04. The number of likely N-dealkylation sites (tertiary alicyclic amines) is 1. The van der Waals surface area contributed by atoms with E-state index in [1.807, 2.05) is 40.7 Å². The molecule has 0 spiro atoms. The van der Waals surface area contributed by atoms with E-state index in [2.05, 4.69) is 68.8 Å². The molecule has 10 heteroatoms. The molecule has 1 saturated heterocycles. The minimum absolute atomic E-state index is 0.310. The van der Waals surface area contributed by atoms with Crippen LogP contribution in [0.15, 0.2) is 77.8 Å². The maximum Gasteiger partial charge on any atom is 0.233 e. The molecule has 0 amide bonds. The highest BCUT2D eigenvalue weighted by Crippen LogP contribution is 2.28. The molecule has 196 valence electrons. The third kappa shape index (κ3) is 4.73. The molecule has 1 aliphatic rings. The second-order valence-electron chi connectivity index (χ2n) is 9.95. The lowest BCUT2D eigenvalue weighted by atomic mass is 10.0. The van der Waals surface area contributed by atoms with Crippen LogP contribution in [0.25, 0.3) is 27.9 Å². The third-order valence-electron chi connectivity index (χ3n) is 7.37. The quantitative estimate of drug-likeness (QED) is 0.276. The van der Waals surface area contributed by atoms with E-state index in [1.54, 1.807) is 11.3 Å². The monoisotopic (exact) mass is 535 g/mol. The van der Waals surface area contributed by atoms with Crippen LogP contribution < -0.4 is 10.6 Å². The predicted octanol–water partition coefficient (Wildman–Crippen LogP) is 5.58. The Morgan fingerprint density at radius 3 is 2.56 bits per heavy atom. The molecule has 0 unspecified atom stereocenters. The molecule has 9 nitrogen and oxygen atoms in total. The zero-order valence-electron chi connectivity index (χ0n) is 21.7. The smallest absolute Gasteiger partial charge is 0.233 e. The van der Waals surface area contributed by atoms with Gasteiger partial charge < -0.3 is 9.88 Å². The van der Waals surface area contributed by atoms with Gasteiger partial charge in [0.1, 0.15) is 6.33 Å². The fraction of sp³-hybridized carbons (Fsp3) is 0.241. The van der Waals surface area contributed by atoms with Crippen molar-refractivity contribution in [2.45, 2.75) is 25.4 Å². The standard InChI is InChI=1S/C29H29N9S/c1-36-24-10-6-5-9-23(24)32-29(36)35-28-33-26(25-27(34-28)38(19-30-25)22-13-16-39-18-22)31-21-11-14-37(15-12-21)17-20-7-3-2-4-8-20/h2-10,13,16,18-19,21H,11-12,14-15,17H2,1H3,(H2,31,32,33,34,35). The summed E-state index contributed by atoms with van der Waals surface area (Å²) in [6, 6.07) is 21.1. The Morgan fingerprint density at radius 1 is 0.949 bits per heavy atom. The van der Waals surface area contributed by atoms with Gasteiger partial charge in [-0.05, 0) is 42.0 Å². The minimum atomic E-state index is 0.310. The van der Waals surface area contributed by atoms with Gasteiger partial charge in [0.25, 0.3) is 0 Å². The maximum absolute atomic E-state index is 4.91. The molecule has 2 N–H and O–H groups in total. The molecule has 5 heterocycles. The molecule has 0 radical (unpaired) electrons. The molecular formula is C29H29N9S. The van der Waals surface area contributed by atoms with Gasteiger partial charge in [-0.1, -0.05) is 42.5 Å². The number of nitrogens with one attached hydrogen (secondary N) is 2. The van der Waals surface area contributed by atoms with Crippen LogP contribution >= 0.6 is 11.3 Å². The summed E-state index contributed by atoms with van der Waals surface area (Å²) in [5.41, 5.74) is 5.89. The lowest BCUT2D eigenvalue weighted by molar-refractivity contribution is 0.211. The van der Waals surface area contributed by atoms with Gasteiger partial charge in [-0.2, -0.15) is 21.3 Å². The summed E-state index contributed by atoms with van der Waals surface area (Å²) in [6.07, 6.45) is 3.90. The first-order chi connectivity index (χ1) is 19.2. The van der Waals surface area contributed by atoms with Gasteiger partial charge >= 0.3 is 0 Å². The first-order valence-electron chi connectivity index (χ1n) is 13.2. The van der Waals surface area contributed by atoms with Crippen molar-refractivity contribution in [2.75, 3.05) is 23.7 Å². The number of fused-ring (bicyclic) bond motifs is 2. The fourth-order valence-corrected chi connectivity index (χ4v) is 5.90. The van der Waals surface area contributed by atoms with Crippen molar-refractivity contribution in [1.82, 2.24) is 34.0 Å². The van der Waals surface area contributed by atoms with Gasteiger partial charge in [0.2, 0.25) is 11.9 Å². The summed E-state index contributed by atoms with van der Waals surface area (Å²) < 4.78 is 4.04. The topological polar surface area (TPSA) is 88.7 Å². The van der Waals surface area contributed by atoms with Crippen molar-refractivity contribution < 1.29 is 0 Å². The van der Waals surface area contributed by atoms with Crippen LogP contribution in [0.5, 0.6) is 0 Å². The number of benzene rings is 2. The van der Waals surface area contributed by atoms with Crippen molar-refractivity contribution in [1.29, 1.82) is 0 Å². The number of piperidine rings is 1. The number of nitrogens with zero attached hydrogens (tertiary/aromatic N) is 7. The molecule has 6 aromatic rings. The van der Waals surface area contributed by atoms with E-state index in [9.17, 15) is 0 Å². The molecule has 0 saturated carbocycles. The van der Waals surface area contributed by atoms with Crippen LogP contribution in [0, 0.1) is 0 Å². The number of aromatic nitrogens is 6. The van der Waals surface area contributed by atoms with E-state index in [0.717, 1.165) is 66.2 Å². The number of aryl methyl sites for hydroxylation is 1. The highest BCUT2D eigenvalue weighted by Gasteiger charge is 2.23. The summed E-state index contributed by atoms with van der Waals surface area (Å²) in [6.45, 7) is 3.06. The summed E-state index contributed by atoms with van der Waals surface area (Å²) in [4.78, 5) is 21.8. The number of anilines is 3. The van der Waals surface area contributed by atoms with Gasteiger partial charge in [0, 0.05) is 38.1 Å². The normalized spacial score (nSPS) is 14.8. The fourth-order valence-electron chi connectivity index (χ4n) is 5.27. The number of imidazole rings is 2. The molecule has 1 fully saturated rings. The summed E-state index contributed by atoms with van der Waals surface area (Å²) in [7, 11) is 1.99. The van der Waals surface area contributed by atoms with Gasteiger partial charge in [-0.15, -0.1) is 0 Å². The van der Waals surface area contributed by atoms with Gasteiger partial charge in [0.15, 0.2) is 17.0 Å². The van der Waals surface area contributed by atoms with E-state index in [0.29, 0.717) is 17.9 Å². The highest BCUT2D eigenvalue weighted by molar-refractivity contribution is 7.08. The molecule has 0 aliphatic carbocycles. The van der Waals surface area contributed by atoms with Gasteiger partial charge in [-0.25, -0.2) is 9.97 Å². The molecule has 0 bridgehead atoms. The molecule has 39 heavy (non-hydrogen) atoms. The van der Waals surface area contributed by atoms with E-state index >= 15 is 0 Å². The van der Waals surface area contributed by atoms with Crippen LogP contribution in [0.1, 0.15) is 18.4 Å². The molecule has 1 aliphatic heterocycles. The van der Waals surface area contributed by atoms with Crippen molar-refractivity contribution >= 4 is 51.2 Å². The molecule has 0 atom stereocenters. The predicted molar refractivity (Wildman–Crippen MR) is 157 cm³/mol. The maximum atomic E-state index is 4.91. The summed E-state index contributed by atoms with van der Waals surface area (Å²) in [5.74, 6) is 1.93. The molecule has 4 aromatic heterocycles. The highest BCUT2D eigenvalue weighted by atomic mass is 32.1. The van der Waals surface area contributed by atoms with Crippen LogP contribution in [0.3, 0.4) is 0 Å². The van der Waals surface area contributed by atoms with E-state index in [1.165, 1.54) is 5.56 Å². The Hall–Kier alpha value is -4.28. The summed E-state index contributed by atoms with van der Waals surface area (Å²) in [5, 5.41) is 11.2. The Labute approximate surface area is 230 Å². The Morgan fingerprint density at radius 2 is 1.77 bits per heavy atom. The van der Waals surface area contributed by atoms with Crippen molar-refractivity contribution in [3.05, 3.63) is 83.3 Å². The van der Waals surface area contributed by atoms with E-state index < -0.39 is 0 Å². The van der Waals surface area contributed by atoms with Gasteiger partial charge in [-0.3, -0.25) is 14.8 Å².